The van der Waals surface area contributed by atoms with Crippen molar-refractivity contribution in [3.05, 3.63) is 63.5 Å². The number of amides is 1. The molecule has 0 saturated carbocycles. The molecule has 8 heteroatoms. The van der Waals surface area contributed by atoms with E-state index in [0.29, 0.717) is 32.2 Å². The summed E-state index contributed by atoms with van der Waals surface area (Å²) in [7, 11) is 0. The average molecular weight is 407 g/mol. The average Bonchev–Trinajstić information content (AvgIpc) is 3.03. The van der Waals surface area contributed by atoms with Gasteiger partial charge in [-0.3, -0.25) is 14.9 Å². The molecule has 0 fully saturated rings. The Hall–Kier alpha value is -2.41. The summed E-state index contributed by atoms with van der Waals surface area (Å²) >= 11 is 13.4. The van der Waals surface area contributed by atoms with Gasteiger partial charge in [0, 0.05) is 28.5 Å². The minimum absolute atomic E-state index is 0.317. The molecule has 0 radical (unpaired) electrons. The number of halogens is 2. The smallest absolute Gasteiger partial charge is 0.308 e. The minimum atomic E-state index is -0.418. The molecule has 0 spiro atoms. The first kappa shape index (κ1) is 18.4. The van der Waals surface area contributed by atoms with Crippen molar-refractivity contribution in [1.82, 2.24) is 4.98 Å². The van der Waals surface area contributed by atoms with Gasteiger partial charge in [-0.1, -0.05) is 23.2 Å². The lowest BCUT2D eigenvalue weighted by molar-refractivity contribution is -0.131. The topological polar surface area (TPSA) is 68.3 Å². The number of ether oxygens (including phenoxy) is 1. The number of esters is 1. The Morgan fingerprint density at radius 1 is 1.12 bits per heavy atom. The van der Waals surface area contributed by atoms with E-state index in [1.54, 1.807) is 47.8 Å². The third-order valence-corrected chi connectivity index (χ3v) is 4.62. The molecule has 3 aromatic rings. The molecule has 2 aromatic carbocycles. The first-order valence-corrected chi connectivity index (χ1v) is 9.07. The Balaban J connectivity index is 1.72. The van der Waals surface area contributed by atoms with Crippen molar-refractivity contribution in [2.45, 2.75) is 6.92 Å². The van der Waals surface area contributed by atoms with Crippen molar-refractivity contribution in [1.29, 1.82) is 0 Å². The highest BCUT2D eigenvalue weighted by Gasteiger charge is 2.12. The summed E-state index contributed by atoms with van der Waals surface area (Å²) in [5.74, 6) is -0.358. The van der Waals surface area contributed by atoms with Crippen LogP contribution in [0.5, 0.6) is 5.75 Å². The molecule has 0 atom stereocenters. The summed E-state index contributed by atoms with van der Waals surface area (Å²) in [5, 5.41) is 6.00. The highest BCUT2D eigenvalue weighted by atomic mass is 35.5. The number of nitrogens with one attached hydrogen (secondary N) is 1. The maximum atomic E-state index is 12.3. The fourth-order valence-electron chi connectivity index (χ4n) is 2.16. The van der Waals surface area contributed by atoms with Crippen LogP contribution in [-0.2, 0) is 4.79 Å². The number of carbonyl (C=O) groups is 2. The summed E-state index contributed by atoms with van der Waals surface area (Å²) in [6.07, 6.45) is 0. The van der Waals surface area contributed by atoms with Crippen LogP contribution in [0.25, 0.3) is 11.3 Å². The number of hydrogen-bond acceptors (Lipinski definition) is 5. The zero-order valence-electron chi connectivity index (χ0n) is 13.5. The lowest BCUT2D eigenvalue weighted by atomic mass is 10.2. The zero-order valence-corrected chi connectivity index (χ0v) is 15.8. The van der Waals surface area contributed by atoms with Crippen molar-refractivity contribution < 1.29 is 14.3 Å². The van der Waals surface area contributed by atoms with Gasteiger partial charge in [0.05, 0.1) is 10.7 Å². The number of thiazole rings is 1. The van der Waals surface area contributed by atoms with Crippen LogP contribution in [0.3, 0.4) is 0 Å². The predicted octanol–water partition coefficient (Wildman–Crippen LogP) is 5.29. The van der Waals surface area contributed by atoms with E-state index in [4.69, 9.17) is 27.9 Å². The van der Waals surface area contributed by atoms with Gasteiger partial charge in [-0.05, 0) is 42.5 Å². The fraction of sp³-hybridized carbons (Fsp3) is 0.0556. The standard InChI is InChI=1S/C18H12Cl2N2O3S/c1-10(23)25-13-5-2-11(3-6-13)17(24)22-18-21-16(9-26-18)14-7-4-12(19)8-15(14)20/h2-9H,1H3,(H,21,22,24). The van der Waals surface area contributed by atoms with Gasteiger partial charge in [-0.15, -0.1) is 11.3 Å². The van der Waals surface area contributed by atoms with Crippen molar-refractivity contribution in [2.75, 3.05) is 5.32 Å². The fourth-order valence-corrected chi connectivity index (χ4v) is 3.37. The molecule has 0 aliphatic carbocycles. The monoisotopic (exact) mass is 406 g/mol. The van der Waals surface area contributed by atoms with Crippen molar-refractivity contribution in [2.24, 2.45) is 0 Å². The van der Waals surface area contributed by atoms with Gasteiger partial charge >= 0.3 is 5.97 Å². The van der Waals surface area contributed by atoms with Gasteiger partial charge in [0.2, 0.25) is 0 Å². The Morgan fingerprint density at radius 2 is 1.85 bits per heavy atom. The summed E-state index contributed by atoms with van der Waals surface area (Å²) in [4.78, 5) is 27.6. The lowest BCUT2D eigenvalue weighted by Crippen LogP contribution is -2.11. The maximum Gasteiger partial charge on any atom is 0.308 e. The normalized spacial score (nSPS) is 10.4. The highest BCUT2D eigenvalue weighted by Crippen LogP contribution is 2.32. The molecule has 1 amide bonds. The van der Waals surface area contributed by atoms with Crippen molar-refractivity contribution in [3.63, 3.8) is 0 Å². The van der Waals surface area contributed by atoms with Crippen LogP contribution in [-0.4, -0.2) is 16.9 Å². The van der Waals surface area contributed by atoms with Crippen LogP contribution < -0.4 is 10.1 Å². The Labute approximate surface area is 163 Å². The van der Waals surface area contributed by atoms with E-state index in [-0.39, 0.29) is 5.91 Å². The number of rotatable bonds is 4. The third-order valence-electron chi connectivity index (χ3n) is 3.31. The SMILES string of the molecule is CC(=O)Oc1ccc(C(=O)Nc2nc(-c3ccc(Cl)cc3Cl)cs2)cc1. The second-order valence-corrected chi connectivity index (χ2v) is 6.94. The van der Waals surface area contributed by atoms with E-state index in [1.807, 2.05) is 0 Å². The molecule has 5 nitrogen and oxygen atoms in total. The Morgan fingerprint density at radius 3 is 2.50 bits per heavy atom. The quantitative estimate of drug-likeness (QED) is 0.471. The van der Waals surface area contributed by atoms with Gasteiger partial charge in [-0.2, -0.15) is 0 Å². The molecule has 1 aromatic heterocycles. The van der Waals surface area contributed by atoms with E-state index in [2.05, 4.69) is 10.3 Å². The molecule has 0 aliphatic heterocycles. The van der Waals surface area contributed by atoms with E-state index >= 15 is 0 Å². The number of aromatic nitrogens is 1. The van der Waals surface area contributed by atoms with Gasteiger partial charge in [0.1, 0.15) is 5.75 Å². The Kier molecular flexibility index (Phi) is 5.56. The van der Waals surface area contributed by atoms with E-state index in [0.717, 1.165) is 5.56 Å². The molecule has 3 rings (SSSR count). The number of benzene rings is 2. The second-order valence-electron chi connectivity index (χ2n) is 5.23. The molecule has 26 heavy (non-hydrogen) atoms. The van der Waals surface area contributed by atoms with Gasteiger partial charge in [0.15, 0.2) is 5.13 Å². The largest absolute Gasteiger partial charge is 0.427 e. The first-order chi connectivity index (χ1) is 12.4. The summed E-state index contributed by atoms with van der Waals surface area (Å²) < 4.78 is 4.94. The molecule has 0 saturated heterocycles. The van der Waals surface area contributed by atoms with Crippen molar-refractivity contribution in [3.8, 4) is 17.0 Å². The molecule has 1 heterocycles. The van der Waals surface area contributed by atoms with Crippen LogP contribution in [0.1, 0.15) is 17.3 Å². The second kappa shape index (κ2) is 7.86. The maximum absolute atomic E-state index is 12.3. The van der Waals surface area contributed by atoms with Crippen LogP contribution in [0, 0.1) is 0 Å². The number of nitrogens with zero attached hydrogens (tertiary/aromatic N) is 1. The van der Waals surface area contributed by atoms with Gasteiger partial charge in [-0.25, -0.2) is 4.98 Å². The molecular formula is C18H12Cl2N2O3S. The highest BCUT2D eigenvalue weighted by molar-refractivity contribution is 7.14. The van der Waals surface area contributed by atoms with Crippen LogP contribution in [0.2, 0.25) is 10.0 Å². The molecular weight excluding hydrogens is 395 g/mol. The van der Waals surface area contributed by atoms with Crippen LogP contribution >= 0.6 is 34.5 Å². The number of carbonyl (C=O) groups excluding carboxylic acids is 2. The van der Waals surface area contributed by atoms with Crippen molar-refractivity contribution >= 4 is 51.5 Å². The molecule has 1 N–H and O–H groups in total. The minimum Gasteiger partial charge on any atom is -0.427 e. The Bertz CT molecular complexity index is 971. The number of anilines is 1. The molecule has 0 aliphatic rings. The molecule has 132 valence electrons. The van der Waals surface area contributed by atoms with E-state index in [9.17, 15) is 9.59 Å². The van der Waals surface area contributed by atoms with Gasteiger partial charge < -0.3 is 4.74 Å². The molecule has 0 bridgehead atoms. The lowest BCUT2D eigenvalue weighted by Gasteiger charge is -2.04. The van der Waals surface area contributed by atoms with E-state index in [1.165, 1.54) is 18.3 Å². The summed E-state index contributed by atoms with van der Waals surface area (Å²) in [6.45, 7) is 1.31. The predicted molar refractivity (Wildman–Crippen MR) is 103 cm³/mol. The first-order valence-electron chi connectivity index (χ1n) is 7.43. The number of hydrogen-bond donors (Lipinski definition) is 1. The van der Waals surface area contributed by atoms with Crippen LogP contribution in [0.4, 0.5) is 5.13 Å². The third kappa shape index (κ3) is 4.40. The van der Waals surface area contributed by atoms with E-state index < -0.39 is 5.97 Å². The summed E-state index contributed by atoms with van der Waals surface area (Å²) in [6, 6.07) is 11.4. The van der Waals surface area contributed by atoms with Gasteiger partial charge in [0.25, 0.3) is 5.91 Å². The molecule has 0 unspecified atom stereocenters. The zero-order chi connectivity index (χ0) is 18.7. The van der Waals surface area contributed by atoms with Crippen LogP contribution in [0.15, 0.2) is 47.8 Å². The summed E-state index contributed by atoms with van der Waals surface area (Å²) in [5.41, 5.74) is 1.80.